The largest absolute Gasteiger partial charge is 0.329 e. The third-order valence-electron chi connectivity index (χ3n) is 4.02. The molecule has 0 aliphatic carbocycles. The lowest BCUT2D eigenvalue weighted by Crippen LogP contribution is -2.42. The summed E-state index contributed by atoms with van der Waals surface area (Å²) < 4.78 is 0.940. The lowest BCUT2D eigenvalue weighted by Gasteiger charge is -2.17. The van der Waals surface area contributed by atoms with Crippen LogP contribution in [0.3, 0.4) is 0 Å². The molecule has 6 nitrogen and oxygen atoms in total. The van der Waals surface area contributed by atoms with Crippen LogP contribution in [-0.4, -0.2) is 15.5 Å². The lowest BCUT2D eigenvalue weighted by atomic mass is 10.1. The predicted octanol–water partition coefficient (Wildman–Crippen LogP) is 3.59. The zero-order chi connectivity index (χ0) is 18.8. The summed E-state index contributed by atoms with van der Waals surface area (Å²) in [5.74, 6) is -0.492. The van der Waals surface area contributed by atoms with Gasteiger partial charge in [-0.05, 0) is 36.8 Å². The molecule has 0 fully saturated rings. The number of benzene rings is 2. The van der Waals surface area contributed by atoms with E-state index in [0.29, 0.717) is 26.6 Å². The molecule has 0 saturated carbocycles. The first kappa shape index (κ1) is 18.2. The molecule has 134 valence electrons. The van der Waals surface area contributed by atoms with Crippen molar-refractivity contribution in [2.45, 2.75) is 19.4 Å². The number of hydrogen-bond acceptors (Lipinski definition) is 3. The Hall–Kier alpha value is -2.57. The number of carbonyl (C=O) groups excluding carboxylic acids is 1. The first-order chi connectivity index (χ1) is 12.4. The summed E-state index contributed by atoms with van der Waals surface area (Å²) in [6, 6.07) is 10.3. The Kier molecular flexibility index (Phi) is 5.15. The Bertz CT molecular complexity index is 1100. The molecule has 0 unspecified atom stereocenters. The Morgan fingerprint density at radius 1 is 1.15 bits per heavy atom. The Labute approximate surface area is 158 Å². The summed E-state index contributed by atoms with van der Waals surface area (Å²) in [4.78, 5) is 40.4. The van der Waals surface area contributed by atoms with Gasteiger partial charge in [-0.2, -0.15) is 0 Å². The predicted molar refractivity (Wildman–Crippen MR) is 103 cm³/mol. The molecule has 1 atom stereocenters. The van der Waals surface area contributed by atoms with Crippen molar-refractivity contribution < 1.29 is 4.79 Å². The number of aromatic amines is 1. The van der Waals surface area contributed by atoms with Gasteiger partial charge >= 0.3 is 5.69 Å². The maximum atomic E-state index is 12.7. The van der Waals surface area contributed by atoms with Gasteiger partial charge in [0, 0.05) is 5.69 Å². The maximum absolute atomic E-state index is 12.7. The number of amides is 1. The van der Waals surface area contributed by atoms with Crippen molar-refractivity contribution in [1.29, 1.82) is 0 Å². The number of anilines is 1. The fourth-order valence-corrected chi connectivity index (χ4v) is 3.04. The van der Waals surface area contributed by atoms with Crippen molar-refractivity contribution in [2.24, 2.45) is 0 Å². The van der Waals surface area contributed by atoms with Crippen molar-refractivity contribution in [3.05, 3.63) is 73.3 Å². The molecule has 0 saturated heterocycles. The van der Waals surface area contributed by atoms with Crippen molar-refractivity contribution in [1.82, 2.24) is 9.55 Å². The molecule has 1 aromatic heterocycles. The molecule has 8 heteroatoms. The highest BCUT2D eigenvalue weighted by Gasteiger charge is 2.23. The van der Waals surface area contributed by atoms with Gasteiger partial charge in [-0.25, -0.2) is 9.36 Å². The van der Waals surface area contributed by atoms with Crippen molar-refractivity contribution in [3.8, 4) is 0 Å². The van der Waals surface area contributed by atoms with Crippen LogP contribution in [0, 0.1) is 0 Å². The van der Waals surface area contributed by atoms with Gasteiger partial charge in [-0.15, -0.1) is 0 Å². The molecule has 2 aromatic carbocycles. The number of H-pyrrole nitrogens is 1. The molecule has 26 heavy (non-hydrogen) atoms. The average molecular weight is 392 g/mol. The summed E-state index contributed by atoms with van der Waals surface area (Å²) >= 11 is 11.8. The number of nitrogens with zero attached hydrogens (tertiary/aromatic N) is 1. The minimum Gasteiger partial charge on any atom is -0.324 e. The van der Waals surface area contributed by atoms with E-state index in [1.807, 2.05) is 0 Å². The molecule has 0 aliphatic heterocycles. The summed E-state index contributed by atoms with van der Waals surface area (Å²) in [5, 5.41) is 3.66. The van der Waals surface area contributed by atoms with E-state index < -0.39 is 23.2 Å². The third-order valence-corrected chi connectivity index (χ3v) is 4.76. The van der Waals surface area contributed by atoms with Gasteiger partial charge in [0.1, 0.15) is 6.04 Å². The first-order valence-electron chi connectivity index (χ1n) is 7.92. The number of carbonyl (C=O) groups is 1. The van der Waals surface area contributed by atoms with E-state index in [0.717, 1.165) is 4.57 Å². The van der Waals surface area contributed by atoms with E-state index in [4.69, 9.17) is 23.2 Å². The second-order valence-corrected chi connectivity index (χ2v) is 6.51. The zero-order valence-corrected chi connectivity index (χ0v) is 15.3. The molecule has 2 N–H and O–H groups in total. The van der Waals surface area contributed by atoms with Crippen LogP contribution < -0.4 is 16.6 Å². The molecule has 0 radical (unpaired) electrons. The SMILES string of the molecule is CC[C@@H](C(=O)Nc1ccc(Cl)c(Cl)c1)n1c(=O)[nH]c2ccccc2c1=O. The highest BCUT2D eigenvalue weighted by atomic mass is 35.5. The lowest BCUT2D eigenvalue weighted by molar-refractivity contribution is -0.119. The van der Waals surface area contributed by atoms with Crippen LogP contribution in [0.2, 0.25) is 10.0 Å². The number of para-hydroxylation sites is 1. The molecule has 3 aromatic rings. The van der Waals surface area contributed by atoms with Crippen LogP contribution in [0.5, 0.6) is 0 Å². The summed E-state index contributed by atoms with van der Waals surface area (Å²) in [6.07, 6.45) is 0.258. The summed E-state index contributed by atoms with van der Waals surface area (Å²) in [5.41, 5.74) is -0.295. The molecular formula is C18H15Cl2N3O3. The Morgan fingerprint density at radius 2 is 1.88 bits per heavy atom. The second kappa shape index (κ2) is 7.35. The normalized spacial score (nSPS) is 12.1. The third kappa shape index (κ3) is 3.38. The number of hydrogen-bond donors (Lipinski definition) is 2. The van der Waals surface area contributed by atoms with Gasteiger partial charge in [0.15, 0.2) is 0 Å². The summed E-state index contributed by atoms with van der Waals surface area (Å²) in [7, 11) is 0. The number of fused-ring (bicyclic) bond motifs is 1. The van der Waals surface area contributed by atoms with E-state index in [2.05, 4.69) is 10.3 Å². The number of nitrogens with one attached hydrogen (secondary N) is 2. The topological polar surface area (TPSA) is 84.0 Å². The van der Waals surface area contributed by atoms with E-state index >= 15 is 0 Å². The molecule has 3 rings (SSSR count). The highest BCUT2D eigenvalue weighted by molar-refractivity contribution is 6.42. The van der Waals surface area contributed by atoms with Crippen LogP contribution in [0.1, 0.15) is 19.4 Å². The fraction of sp³-hybridized carbons (Fsp3) is 0.167. The van der Waals surface area contributed by atoms with Crippen molar-refractivity contribution in [2.75, 3.05) is 5.32 Å². The molecular weight excluding hydrogens is 377 g/mol. The molecule has 1 amide bonds. The number of rotatable bonds is 4. The highest BCUT2D eigenvalue weighted by Crippen LogP contribution is 2.25. The van der Waals surface area contributed by atoms with Gasteiger partial charge in [-0.1, -0.05) is 42.3 Å². The van der Waals surface area contributed by atoms with Crippen LogP contribution in [0.25, 0.3) is 10.9 Å². The zero-order valence-electron chi connectivity index (χ0n) is 13.8. The quantitative estimate of drug-likeness (QED) is 0.712. The van der Waals surface area contributed by atoms with Gasteiger partial charge in [0.25, 0.3) is 5.56 Å². The van der Waals surface area contributed by atoms with E-state index in [1.54, 1.807) is 43.3 Å². The van der Waals surface area contributed by atoms with Crippen LogP contribution in [0.4, 0.5) is 5.69 Å². The smallest absolute Gasteiger partial charge is 0.324 e. The molecule has 0 spiro atoms. The standard InChI is InChI=1S/C18H15Cl2N3O3/c1-2-15(16(24)21-10-7-8-12(19)13(20)9-10)23-17(25)11-5-3-4-6-14(11)22-18(23)26/h3-9,15H,2H2,1H3,(H,21,24)(H,22,26)/t15-/m0/s1. The van der Waals surface area contributed by atoms with Gasteiger partial charge in [0.05, 0.1) is 20.9 Å². The molecule has 0 aliphatic rings. The maximum Gasteiger partial charge on any atom is 0.329 e. The van der Waals surface area contributed by atoms with E-state index in [1.165, 1.54) is 6.07 Å². The van der Waals surface area contributed by atoms with Crippen molar-refractivity contribution in [3.63, 3.8) is 0 Å². The minimum absolute atomic E-state index is 0.258. The van der Waals surface area contributed by atoms with E-state index in [-0.39, 0.29) is 6.42 Å². The van der Waals surface area contributed by atoms with Crippen LogP contribution in [-0.2, 0) is 4.79 Å². The monoisotopic (exact) mass is 391 g/mol. The minimum atomic E-state index is -0.967. The average Bonchev–Trinajstić information content (AvgIpc) is 2.61. The van der Waals surface area contributed by atoms with Gasteiger partial charge in [-0.3, -0.25) is 9.59 Å². The number of halogens is 2. The molecule has 0 bridgehead atoms. The fourth-order valence-electron chi connectivity index (χ4n) is 2.74. The van der Waals surface area contributed by atoms with Crippen LogP contribution in [0.15, 0.2) is 52.1 Å². The van der Waals surface area contributed by atoms with Gasteiger partial charge in [0.2, 0.25) is 5.91 Å². The summed E-state index contributed by atoms with van der Waals surface area (Å²) in [6.45, 7) is 1.72. The first-order valence-corrected chi connectivity index (χ1v) is 8.67. The van der Waals surface area contributed by atoms with Gasteiger partial charge < -0.3 is 10.3 Å². The van der Waals surface area contributed by atoms with Crippen LogP contribution >= 0.6 is 23.2 Å². The number of aromatic nitrogens is 2. The van der Waals surface area contributed by atoms with E-state index in [9.17, 15) is 14.4 Å². The Balaban J connectivity index is 2.02. The Morgan fingerprint density at radius 3 is 2.58 bits per heavy atom. The van der Waals surface area contributed by atoms with Crippen molar-refractivity contribution >= 4 is 45.7 Å². The molecule has 1 heterocycles. The second-order valence-electron chi connectivity index (χ2n) is 5.69.